The fraction of sp³-hybridized carbons (Fsp3) is 0.600. The SMILES string of the molecule is CC(C)C[C@H](NC(=O)[C@@H](NC(=O)[C@@H]1CCC(=O)N1)[C@@H](C)O)C(=O)N[C@@H](Cc1ccccc1)C(=O)N[C@@H](CCCN=C(N)N)C(=O)N1CCC[C@H]1C(=O)N[C@@H](CCCN=C(N)N)C(=O)N[C@@H](CC(N)=O)C(N)=O. The van der Waals surface area contributed by atoms with Crippen LogP contribution in [-0.2, 0) is 54.4 Å². The fourth-order valence-corrected chi connectivity index (χ4v) is 8.04. The second kappa shape index (κ2) is 28.9. The monoisotopic (exact) mass is 1010 g/mol. The second-order valence-electron chi connectivity index (χ2n) is 18.2. The summed E-state index contributed by atoms with van der Waals surface area (Å²) in [7, 11) is 0. The highest BCUT2D eigenvalue weighted by Crippen LogP contribution is 2.21. The standard InChI is InChI=1S/C45H72N16O11/c1-23(2)20-30(59-42(71)35(24(3)62)60-38(67)27-15-16-34(64)54-27)39(68)58-31(21-25-10-5-4-6-11-25)40(69)56-28(13-8-18-53-45(50)51)43(72)61-19-9-14-32(61)41(70)55-26(12-7-17-52-44(48)49)37(66)57-29(36(47)65)22-33(46)63/h4-6,10-11,23-24,26-32,35,62H,7-9,12-22H2,1-3H3,(H2,46,63)(H2,47,65)(H,54,64)(H,55,70)(H,56,69)(H,57,66)(H,58,68)(H,59,71)(H,60,67)(H4,48,49,52)(H4,50,51,53)/t24-,26+,27+,28+,29+,30+,31+,32+,35+/m1/s1. The van der Waals surface area contributed by atoms with Gasteiger partial charge in [-0.3, -0.25) is 57.9 Å². The van der Waals surface area contributed by atoms with Crippen LogP contribution in [0.4, 0.5) is 0 Å². The van der Waals surface area contributed by atoms with Crippen LogP contribution in [0.15, 0.2) is 40.3 Å². The molecule has 0 unspecified atom stereocenters. The van der Waals surface area contributed by atoms with Crippen molar-refractivity contribution in [2.24, 2.45) is 50.3 Å². The number of aliphatic imine (C=N–C) groups is 2. The Morgan fingerprint density at radius 1 is 0.694 bits per heavy atom. The number of nitrogens with one attached hydrogen (secondary N) is 7. The summed E-state index contributed by atoms with van der Waals surface area (Å²) in [4.78, 5) is 142. The smallest absolute Gasteiger partial charge is 0.245 e. The number of carbonyl (C=O) groups excluding carboxylic acids is 10. The normalized spacial score (nSPS) is 18.1. The van der Waals surface area contributed by atoms with Gasteiger partial charge in [0.25, 0.3) is 0 Å². The highest BCUT2D eigenvalue weighted by molar-refractivity contribution is 5.99. The molecule has 20 N–H and O–H groups in total. The first-order valence-corrected chi connectivity index (χ1v) is 23.8. The Bertz CT molecular complexity index is 2150. The van der Waals surface area contributed by atoms with E-state index in [0.717, 1.165) is 0 Å². The zero-order chi connectivity index (χ0) is 53.7. The van der Waals surface area contributed by atoms with Gasteiger partial charge in [-0.15, -0.1) is 0 Å². The third-order valence-electron chi connectivity index (χ3n) is 11.7. The number of aliphatic hydroxyl groups is 1. The molecule has 0 aliphatic carbocycles. The summed E-state index contributed by atoms with van der Waals surface area (Å²) < 4.78 is 0. The molecule has 2 fully saturated rings. The Kier molecular flexibility index (Phi) is 23.6. The van der Waals surface area contributed by atoms with E-state index in [0.29, 0.717) is 12.0 Å². The van der Waals surface area contributed by atoms with Crippen molar-refractivity contribution in [1.82, 2.24) is 42.1 Å². The van der Waals surface area contributed by atoms with Gasteiger partial charge in [0.15, 0.2) is 11.9 Å². The molecule has 0 spiro atoms. The van der Waals surface area contributed by atoms with Gasteiger partial charge in [-0.2, -0.15) is 0 Å². The molecule has 10 amide bonds. The second-order valence-corrected chi connectivity index (χ2v) is 18.2. The van der Waals surface area contributed by atoms with Crippen LogP contribution < -0.4 is 71.6 Å². The van der Waals surface area contributed by atoms with E-state index < -0.39 is 114 Å². The van der Waals surface area contributed by atoms with E-state index in [1.54, 1.807) is 44.2 Å². The maximum Gasteiger partial charge on any atom is 0.245 e. The topological polar surface area (TPSA) is 459 Å². The summed E-state index contributed by atoms with van der Waals surface area (Å²) in [5, 5.41) is 28.5. The Balaban J connectivity index is 1.92. The van der Waals surface area contributed by atoms with Gasteiger partial charge in [0.05, 0.1) is 12.5 Å². The van der Waals surface area contributed by atoms with Crippen molar-refractivity contribution >= 4 is 71.0 Å². The van der Waals surface area contributed by atoms with E-state index in [4.69, 9.17) is 34.4 Å². The lowest BCUT2D eigenvalue weighted by atomic mass is 10.00. The van der Waals surface area contributed by atoms with Crippen LogP contribution in [0.5, 0.6) is 0 Å². The van der Waals surface area contributed by atoms with Crippen LogP contribution in [0, 0.1) is 5.92 Å². The third kappa shape index (κ3) is 19.7. The number of guanidine groups is 2. The maximum absolute atomic E-state index is 14.6. The molecule has 9 atom stereocenters. The Labute approximate surface area is 417 Å². The van der Waals surface area contributed by atoms with E-state index in [-0.39, 0.29) is 101 Å². The molecule has 72 heavy (non-hydrogen) atoms. The number of carbonyl (C=O) groups is 10. The average Bonchev–Trinajstić information content (AvgIpc) is 3.98. The lowest BCUT2D eigenvalue weighted by Crippen LogP contribution is -2.61. The molecule has 2 saturated heterocycles. The van der Waals surface area contributed by atoms with Gasteiger partial charge in [0, 0.05) is 32.5 Å². The van der Waals surface area contributed by atoms with Crippen molar-refractivity contribution in [3.63, 3.8) is 0 Å². The van der Waals surface area contributed by atoms with Gasteiger partial charge in [-0.1, -0.05) is 44.2 Å². The molecule has 398 valence electrons. The minimum absolute atomic E-state index is 0.0501. The zero-order valence-corrected chi connectivity index (χ0v) is 40.9. The molecule has 1 aromatic carbocycles. The minimum atomic E-state index is -1.52. The summed E-state index contributed by atoms with van der Waals surface area (Å²) in [5.74, 6) is -8.49. The first kappa shape index (κ1) is 58.7. The largest absolute Gasteiger partial charge is 0.391 e. The number of amides is 10. The molecule has 0 aromatic heterocycles. The van der Waals surface area contributed by atoms with Crippen molar-refractivity contribution in [2.45, 2.75) is 146 Å². The predicted molar refractivity (Wildman–Crippen MR) is 262 cm³/mol. The molecular formula is C45H72N16O11. The predicted octanol–water partition coefficient (Wildman–Crippen LogP) is -5.70. The first-order chi connectivity index (χ1) is 34.0. The third-order valence-corrected chi connectivity index (χ3v) is 11.7. The lowest BCUT2D eigenvalue weighted by Gasteiger charge is -2.31. The first-order valence-electron chi connectivity index (χ1n) is 23.8. The van der Waals surface area contributed by atoms with Gasteiger partial charge in [0.1, 0.15) is 48.3 Å². The number of nitrogens with zero attached hydrogens (tertiary/aromatic N) is 3. The molecule has 1 aromatic rings. The van der Waals surface area contributed by atoms with Crippen LogP contribution in [0.25, 0.3) is 0 Å². The number of aliphatic hydroxyl groups excluding tert-OH is 1. The molecule has 3 rings (SSSR count). The lowest BCUT2D eigenvalue weighted by molar-refractivity contribution is -0.142. The highest BCUT2D eigenvalue weighted by Gasteiger charge is 2.41. The van der Waals surface area contributed by atoms with Crippen LogP contribution in [0.2, 0.25) is 0 Å². The Hall–Kier alpha value is -7.58. The van der Waals surface area contributed by atoms with Gasteiger partial charge < -0.3 is 81.6 Å². The summed E-state index contributed by atoms with van der Waals surface area (Å²) in [5.41, 5.74) is 33.2. The Morgan fingerprint density at radius 2 is 1.25 bits per heavy atom. The van der Waals surface area contributed by atoms with Crippen molar-refractivity contribution in [3.05, 3.63) is 35.9 Å². The average molecular weight is 1010 g/mol. The number of hydrogen-bond acceptors (Lipinski definition) is 13. The van der Waals surface area contributed by atoms with Gasteiger partial charge in [-0.25, -0.2) is 0 Å². The summed E-state index contributed by atoms with van der Waals surface area (Å²) >= 11 is 0. The molecule has 2 aliphatic heterocycles. The number of nitrogens with two attached hydrogens (primary N) is 6. The molecule has 2 aliphatic rings. The van der Waals surface area contributed by atoms with Gasteiger partial charge in [-0.05, 0) is 69.8 Å². The van der Waals surface area contributed by atoms with Crippen LogP contribution in [0.3, 0.4) is 0 Å². The van der Waals surface area contributed by atoms with Crippen LogP contribution >= 0.6 is 0 Å². The number of hydrogen-bond donors (Lipinski definition) is 14. The van der Waals surface area contributed by atoms with Gasteiger partial charge >= 0.3 is 0 Å². The molecule has 2 heterocycles. The molecule has 0 saturated carbocycles. The number of benzene rings is 1. The van der Waals surface area contributed by atoms with Crippen molar-refractivity contribution in [1.29, 1.82) is 0 Å². The maximum atomic E-state index is 14.6. The van der Waals surface area contributed by atoms with Crippen molar-refractivity contribution in [3.8, 4) is 0 Å². The minimum Gasteiger partial charge on any atom is -0.391 e. The van der Waals surface area contributed by atoms with E-state index in [2.05, 4.69) is 47.2 Å². The van der Waals surface area contributed by atoms with E-state index in [1.165, 1.54) is 11.8 Å². The molecular weight excluding hydrogens is 941 g/mol. The van der Waals surface area contributed by atoms with Crippen LogP contribution in [0.1, 0.15) is 90.5 Å². The molecule has 0 bridgehead atoms. The number of rotatable bonds is 29. The zero-order valence-electron chi connectivity index (χ0n) is 40.9. The molecule has 0 radical (unpaired) electrons. The summed E-state index contributed by atoms with van der Waals surface area (Å²) in [6.45, 7) is 5.02. The molecule has 27 heteroatoms. The van der Waals surface area contributed by atoms with Crippen molar-refractivity contribution in [2.75, 3.05) is 19.6 Å². The fourth-order valence-electron chi connectivity index (χ4n) is 8.04. The van der Waals surface area contributed by atoms with E-state index in [1.807, 2.05) is 0 Å². The summed E-state index contributed by atoms with van der Waals surface area (Å²) in [6, 6.07) is -1.80. The number of likely N-dealkylation sites (tertiary alicyclic amines) is 1. The summed E-state index contributed by atoms with van der Waals surface area (Å²) in [6.07, 6.45) is -1.07. The van der Waals surface area contributed by atoms with E-state index in [9.17, 15) is 53.1 Å². The number of primary amides is 2. The van der Waals surface area contributed by atoms with Crippen molar-refractivity contribution < 1.29 is 53.1 Å². The van der Waals surface area contributed by atoms with E-state index >= 15 is 0 Å². The van der Waals surface area contributed by atoms with Crippen LogP contribution in [-0.4, -0.2) is 155 Å². The van der Waals surface area contributed by atoms with Gasteiger partial charge in [0.2, 0.25) is 59.1 Å². The molecule has 27 nitrogen and oxygen atoms in total. The Morgan fingerprint density at radius 3 is 1.79 bits per heavy atom. The quantitative estimate of drug-likeness (QED) is 0.0202. The highest BCUT2D eigenvalue weighted by atomic mass is 16.3.